The van der Waals surface area contributed by atoms with Crippen LogP contribution >= 0.6 is 0 Å². The van der Waals surface area contributed by atoms with Crippen LogP contribution in [-0.2, 0) is 4.79 Å². The molecule has 0 unspecified atom stereocenters. The summed E-state index contributed by atoms with van der Waals surface area (Å²) in [6, 6.07) is 6.62. The summed E-state index contributed by atoms with van der Waals surface area (Å²) in [7, 11) is 0. The maximum absolute atomic E-state index is 14.0. The third-order valence-electron chi connectivity index (χ3n) is 5.13. The lowest BCUT2D eigenvalue weighted by atomic mass is 9.96. The van der Waals surface area contributed by atoms with E-state index in [4.69, 9.17) is 5.73 Å². The van der Waals surface area contributed by atoms with E-state index in [1.807, 2.05) is 11.0 Å². The van der Waals surface area contributed by atoms with E-state index in [1.165, 1.54) is 6.07 Å². The third kappa shape index (κ3) is 4.21. The Kier molecular flexibility index (Phi) is 5.40. The Morgan fingerprint density at radius 3 is 2.52 bits per heavy atom. The van der Waals surface area contributed by atoms with Crippen molar-refractivity contribution in [2.24, 2.45) is 11.7 Å². The molecule has 0 aromatic heterocycles. The summed E-state index contributed by atoms with van der Waals surface area (Å²) in [6.45, 7) is 2.48. The molecular formula is C18H25FN4O2. The average molecular weight is 348 g/mol. The van der Waals surface area contributed by atoms with Gasteiger partial charge in [0.1, 0.15) is 5.82 Å². The van der Waals surface area contributed by atoms with Crippen molar-refractivity contribution in [3.05, 3.63) is 30.1 Å². The van der Waals surface area contributed by atoms with Crippen LogP contribution in [0.4, 0.5) is 14.9 Å². The standard InChI is InChI=1S/C18H25FN4O2/c19-15-5-1-2-6-16(15)23-9-3-4-14(12-23)21-18(25)22-10-7-13(8-11-22)17(20)24/h1-2,5-6,13-14H,3-4,7-12H2,(H2,20,24)(H,21,25)/t14-/m1/s1. The maximum atomic E-state index is 14.0. The SMILES string of the molecule is NC(=O)C1CCN(C(=O)N[C@@H]2CCCN(c3ccccc3F)C2)CC1. The Morgan fingerprint density at radius 2 is 1.84 bits per heavy atom. The number of nitrogens with two attached hydrogens (primary N) is 1. The third-order valence-corrected chi connectivity index (χ3v) is 5.13. The lowest BCUT2D eigenvalue weighted by molar-refractivity contribution is -0.123. The van der Waals surface area contributed by atoms with E-state index in [-0.39, 0.29) is 29.7 Å². The fourth-order valence-corrected chi connectivity index (χ4v) is 3.65. The van der Waals surface area contributed by atoms with Crippen LogP contribution in [0.3, 0.4) is 0 Å². The number of rotatable bonds is 3. The number of anilines is 1. The highest BCUT2D eigenvalue weighted by atomic mass is 19.1. The molecule has 3 rings (SSSR count). The molecule has 6 nitrogen and oxygen atoms in total. The van der Waals surface area contributed by atoms with Crippen LogP contribution < -0.4 is 16.0 Å². The molecule has 136 valence electrons. The Balaban J connectivity index is 1.53. The first-order valence-corrected chi connectivity index (χ1v) is 8.89. The number of urea groups is 1. The second-order valence-electron chi connectivity index (χ2n) is 6.85. The van der Waals surface area contributed by atoms with Gasteiger partial charge in [0.25, 0.3) is 0 Å². The lowest BCUT2D eigenvalue weighted by Crippen LogP contribution is -2.53. The fourth-order valence-electron chi connectivity index (χ4n) is 3.65. The van der Waals surface area contributed by atoms with E-state index < -0.39 is 0 Å². The van der Waals surface area contributed by atoms with E-state index in [0.29, 0.717) is 38.2 Å². The highest BCUT2D eigenvalue weighted by molar-refractivity contribution is 5.78. The minimum absolute atomic E-state index is 0.00489. The van der Waals surface area contributed by atoms with Gasteiger partial charge in [-0.3, -0.25) is 4.79 Å². The van der Waals surface area contributed by atoms with Crippen LogP contribution in [0.15, 0.2) is 24.3 Å². The normalized spacial score (nSPS) is 21.9. The number of hydrogen-bond acceptors (Lipinski definition) is 3. The van der Waals surface area contributed by atoms with Gasteiger partial charge in [0.15, 0.2) is 0 Å². The van der Waals surface area contributed by atoms with E-state index in [9.17, 15) is 14.0 Å². The quantitative estimate of drug-likeness (QED) is 0.873. The van der Waals surface area contributed by atoms with Crippen molar-refractivity contribution in [2.75, 3.05) is 31.1 Å². The molecule has 2 heterocycles. The molecule has 2 aliphatic heterocycles. The van der Waals surface area contributed by atoms with Gasteiger partial charge in [-0.15, -0.1) is 0 Å². The average Bonchev–Trinajstić information content (AvgIpc) is 2.62. The molecule has 0 radical (unpaired) electrons. The monoisotopic (exact) mass is 348 g/mol. The Hall–Kier alpha value is -2.31. The number of carbonyl (C=O) groups excluding carboxylic acids is 2. The zero-order chi connectivity index (χ0) is 17.8. The van der Waals surface area contributed by atoms with Crippen molar-refractivity contribution in [1.29, 1.82) is 0 Å². The van der Waals surface area contributed by atoms with Crippen molar-refractivity contribution < 1.29 is 14.0 Å². The molecule has 1 aromatic carbocycles. The van der Waals surface area contributed by atoms with Gasteiger partial charge in [-0.05, 0) is 37.8 Å². The first-order valence-electron chi connectivity index (χ1n) is 8.89. The van der Waals surface area contributed by atoms with Crippen LogP contribution in [0.25, 0.3) is 0 Å². The van der Waals surface area contributed by atoms with Crippen molar-refractivity contribution in [1.82, 2.24) is 10.2 Å². The van der Waals surface area contributed by atoms with Gasteiger partial charge < -0.3 is 20.9 Å². The maximum Gasteiger partial charge on any atom is 0.317 e. The predicted molar refractivity (Wildman–Crippen MR) is 93.7 cm³/mol. The molecule has 3 N–H and O–H groups in total. The Morgan fingerprint density at radius 1 is 1.12 bits per heavy atom. The smallest absolute Gasteiger partial charge is 0.317 e. The van der Waals surface area contributed by atoms with Crippen molar-refractivity contribution in [3.8, 4) is 0 Å². The molecule has 2 fully saturated rings. The number of primary amides is 1. The minimum Gasteiger partial charge on any atom is -0.369 e. The molecule has 0 saturated carbocycles. The van der Waals surface area contributed by atoms with Crippen molar-refractivity contribution >= 4 is 17.6 Å². The number of halogens is 1. The molecule has 1 atom stereocenters. The summed E-state index contributed by atoms with van der Waals surface area (Å²) in [6.07, 6.45) is 3.03. The largest absolute Gasteiger partial charge is 0.369 e. The van der Waals surface area contributed by atoms with Gasteiger partial charge >= 0.3 is 6.03 Å². The number of nitrogens with zero attached hydrogens (tertiary/aromatic N) is 2. The van der Waals surface area contributed by atoms with Gasteiger partial charge in [-0.25, -0.2) is 9.18 Å². The van der Waals surface area contributed by atoms with Gasteiger partial charge in [-0.1, -0.05) is 12.1 Å². The van der Waals surface area contributed by atoms with Crippen LogP contribution in [-0.4, -0.2) is 49.1 Å². The highest BCUT2D eigenvalue weighted by Crippen LogP contribution is 2.23. The summed E-state index contributed by atoms with van der Waals surface area (Å²) in [5.41, 5.74) is 5.91. The van der Waals surface area contributed by atoms with E-state index >= 15 is 0 Å². The molecule has 0 spiro atoms. The first-order chi connectivity index (χ1) is 12.0. The van der Waals surface area contributed by atoms with E-state index in [1.54, 1.807) is 17.0 Å². The summed E-state index contributed by atoms with van der Waals surface area (Å²) < 4.78 is 14.0. The summed E-state index contributed by atoms with van der Waals surface area (Å²) in [4.78, 5) is 27.4. The predicted octanol–water partition coefficient (Wildman–Crippen LogP) is 1.70. The zero-order valence-corrected chi connectivity index (χ0v) is 14.3. The van der Waals surface area contributed by atoms with Crippen LogP contribution in [0.2, 0.25) is 0 Å². The molecule has 7 heteroatoms. The number of likely N-dealkylation sites (tertiary alicyclic amines) is 1. The van der Waals surface area contributed by atoms with E-state index in [0.717, 1.165) is 19.4 Å². The molecule has 0 bridgehead atoms. The van der Waals surface area contributed by atoms with Gasteiger partial charge in [0, 0.05) is 38.1 Å². The number of amides is 3. The second kappa shape index (κ2) is 7.72. The number of para-hydroxylation sites is 1. The molecular weight excluding hydrogens is 323 g/mol. The summed E-state index contributed by atoms with van der Waals surface area (Å²) >= 11 is 0. The first kappa shape index (κ1) is 17.5. The molecule has 0 aliphatic carbocycles. The van der Waals surface area contributed by atoms with Crippen LogP contribution in [0, 0.1) is 11.7 Å². The molecule has 25 heavy (non-hydrogen) atoms. The molecule has 2 aliphatic rings. The Labute approximate surface area is 147 Å². The van der Waals surface area contributed by atoms with Crippen LogP contribution in [0.1, 0.15) is 25.7 Å². The highest BCUT2D eigenvalue weighted by Gasteiger charge is 2.28. The number of hydrogen-bond donors (Lipinski definition) is 2. The van der Waals surface area contributed by atoms with E-state index in [2.05, 4.69) is 5.32 Å². The second-order valence-corrected chi connectivity index (χ2v) is 6.85. The number of piperidine rings is 2. The van der Waals surface area contributed by atoms with Gasteiger partial charge in [0.2, 0.25) is 5.91 Å². The minimum atomic E-state index is -0.284. The molecule has 3 amide bonds. The summed E-state index contributed by atoms with van der Waals surface area (Å²) in [5.74, 6) is -0.647. The molecule has 1 aromatic rings. The molecule has 2 saturated heterocycles. The fraction of sp³-hybridized carbons (Fsp3) is 0.556. The van der Waals surface area contributed by atoms with Crippen molar-refractivity contribution in [2.45, 2.75) is 31.7 Å². The van der Waals surface area contributed by atoms with Gasteiger partial charge in [0.05, 0.1) is 5.69 Å². The topological polar surface area (TPSA) is 78.7 Å². The Bertz CT molecular complexity index is 631. The zero-order valence-electron chi connectivity index (χ0n) is 14.3. The lowest BCUT2D eigenvalue weighted by Gasteiger charge is -2.37. The number of carbonyl (C=O) groups is 2. The number of nitrogens with one attached hydrogen (secondary N) is 1. The van der Waals surface area contributed by atoms with Crippen molar-refractivity contribution in [3.63, 3.8) is 0 Å². The summed E-state index contributed by atoms with van der Waals surface area (Å²) in [5, 5.41) is 3.06. The van der Waals surface area contributed by atoms with Crippen LogP contribution in [0.5, 0.6) is 0 Å². The van der Waals surface area contributed by atoms with Gasteiger partial charge in [-0.2, -0.15) is 0 Å². The number of benzene rings is 1.